The van der Waals surface area contributed by atoms with Gasteiger partial charge in [-0.2, -0.15) is 0 Å². The minimum Gasteiger partial charge on any atom is -0.465 e. The van der Waals surface area contributed by atoms with Gasteiger partial charge in [-0.1, -0.05) is 11.6 Å². The van der Waals surface area contributed by atoms with E-state index in [9.17, 15) is 9.59 Å². The molecule has 110 valence electrons. The van der Waals surface area contributed by atoms with Crippen molar-refractivity contribution < 1.29 is 14.3 Å². The summed E-state index contributed by atoms with van der Waals surface area (Å²) in [6.07, 6.45) is 0. The van der Waals surface area contributed by atoms with E-state index in [2.05, 4.69) is 0 Å². The molecule has 0 saturated carbocycles. The Bertz CT molecular complexity index is 498. The van der Waals surface area contributed by atoms with Gasteiger partial charge in [0.15, 0.2) is 0 Å². The van der Waals surface area contributed by atoms with E-state index in [1.807, 2.05) is 26.8 Å². The fourth-order valence-corrected chi connectivity index (χ4v) is 1.84. The van der Waals surface area contributed by atoms with E-state index in [0.29, 0.717) is 17.9 Å². The molecule has 0 aliphatic rings. The van der Waals surface area contributed by atoms with Gasteiger partial charge in [0.25, 0.3) is 5.91 Å². The number of carbonyl (C=O) groups excluding carboxylic acids is 2. The van der Waals surface area contributed by atoms with Gasteiger partial charge in [0, 0.05) is 11.7 Å². The molecule has 1 aromatic carbocycles. The molecule has 1 amide bonds. The Morgan fingerprint density at radius 3 is 2.55 bits per heavy atom. The molecule has 5 heteroatoms. The number of nitrogens with zero attached hydrogens (tertiary/aromatic N) is 1. The van der Waals surface area contributed by atoms with Crippen LogP contribution in [0.25, 0.3) is 0 Å². The van der Waals surface area contributed by atoms with Crippen LogP contribution in [0.15, 0.2) is 18.2 Å². The lowest BCUT2D eigenvalue weighted by Crippen LogP contribution is -2.41. The van der Waals surface area contributed by atoms with Gasteiger partial charge in [-0.25, -0.2) is 0 Å². The summed E-state index contributed by atoms with van der Waals surface area (Å²) in [5, 5.41) is 0. The van der Waals surface area contributed by atoms with Gasteiger partial charge in [0.05, 0.1) is 12.2 Å². The lowest BCUT2D eigenvalue weighted by molar-refractivity contribution is -0.144. The molecule has 0 heterocycles. The number of nitrogen functional groups attached to an aromatic ring is 1. The molecule has 0 aromatic heterocycles. The number of amides is 1. The molecule has 2 N–H and O–H groups in total. The monoisotopic (exact) mass is 278 g/mol. The Kier molecular flexibility index (Phi) is 5.55. The Labute approximate surface area is 119 Å². The summed E-state index contributed by atoms with van der Waals surface area (Å²) in [6, 6.07) is 5.16. The average molecular weight is 278 g/mol. The summed E-state index contributed by atoms with van der Waals surface area (Å²) in [5.41, 5.74) is 7.63. The number of ether oxygens (including phenoxy) is 1. The first-order valence-corrected chi connectivity index (χ1v) is 6.69. The average Bonchev–Trinajstić information content (AvgIpc) is 2.38. The minimum atomic E-state index is -0.416. The Morgan fingerprint density at radius 1 is 1.35 bits per heavy atom. The second kappa shape index (κ2) is 6.93. The SMILES string of the molecule is CCOC(=O)CN(C(=O)c1cc(C)ccc1N)C(C)C. The van der Waals surface area contributed by atoms with Crippen LogP contribution in [-0.2, 0) is 9.53 Å². The third kappa shape index (κ3) is 3.98. The molecular formula is C15H22N2O3. The van der Waals surface area contributed by atoms with Crippen molar-refractivity contribution in [2.75, 3.05) is 18.9 Å². The molecule has 20 heavy (non-hydrogen) atoms. The van der Waals surface area contributed by atoms with Crippen molar-refractivity contribution in [2.45, 2.75) is 33.7 Å². The maximum Gasteiger partial charge on any atom is 0.325 e. The number of anilines is 1. The van der Waals surface area contributed by atoms with E-state index in [4.69, 9.17) is 10.5 Å². The number of hydrogen-bond acceptors (Lipinski definition) is 4. The zero-order valence-electron chi connectivity index (χ0n) is 12.5. The summed E-state index contributed by atoms with van der Waals surface area (Å²) in [4.78, 5) is 25.6. The van der Waals surface area contributed by atoms with Crippen molar-refractivity contribution in [3.8, 4) is 0 Å². The molecule has 0 unspecified atom stereocenters. The van der Waals surface area contributed by atoms with Crippen molar-refractivity contribution in [3.63, 3.8) is 0 Å². The van der Waals surface area contributed by atoms with Gasteiger partial charge >= 0.3 is 5.97 Å². The summed E-state index contributed by atoms with van der Waals surface area (Å²) >= 11 is 0. The fourth-order valence-electron chi connectivity index (χ4n) is 1.84. The van der Waals surface area contributed by atoms with Crippen LogP contribution >= 0.6 is 0 Å². The second-order valence-corrected chi connectivity index (χ2v) is 4.92. The van der Waals surface area contributed by atoms with E-state index < -0.39 is 5.97 Å². The smallest absolute Gasteiger partial charge is 0.325 e. The molecule has 0 radical (unpaired) electrons. The molecule has 1 rings (SSSR count). The topological polar surface area (TPSA) is 72.6 Å². The summed E-state index contributed by atoms with van der Waals surface area (Å²) in [6.45, 7) is 7.55. The highest BCUT2D eigenvalue weighted by Crippen LogP contribution is 2.17. The Morgan fingerprint density at radius 2 is 2.00 bits per heavy atom. The number of esters is 1. The van der Waals surface area contributed by atoms with Crippen molar-refractivity contribution in [1.29, 1.82) is 0 Å². The highest BCUT2D eigenvalue weighted by atomic mass is 16.5. The number of nitrogens with two attached hydrogens (primary N) is 1. The number of rotatable bonds is 5. The lowest BCUT2D eigenvalue weighted by atomic mass is 10.1. The zero-order chi connectivity index (χ0) is 15.3. The predicted octanol–water partition coefficient (Wildman–Crippen LogP) is 1.99. The first-order valence-electron chi connectivity index (χ1n) is 6.69. The van der Waals surface area contributed by atoms with Crippen molar-refractivity contribution >= 4 is 17.6 Å². The lowest BCUT2D eigenvalue weighted by Gasteiger charge is -2.26. The van der Waals surface area contributed by atoms with Crippen LogP contribution in [-0.4, -0.2) is 36.0 Å². The largest absolute Gasteiger partial charge is 0.465 e. The number of hydrogen-bond donors (Lipinski definition) is 1. The third-order valence-electron chi connectivity index (χ3n) is 2.93. The fraction of sp³-hybridized carbons (Fsp3) is 0.467. The number of benzene rings is 1. The molecule has 0 fully saturated rings. The predicted molar refractivity (Wildman–Crippen MR) is 78.4 cm³/mol. The third-order valence-corrected chi connectivity index (χ3v) is 2.93. The van der Waals surface area contributed by atoms with Crippen LogP contribution in [0.2, 0.25) is 0 Å². The van der Waals surface area contributed by atoms with Gasteiger partial charge in [0.1, 0.15) is 6.54 Å². The highest BCUT2D eigenvalue weighted by molar-refractivity contribution is 6.00. The van der Waals surface area contributed by atoms with E-state index in [-0.39, 0.29) is 18.5 Å². The van der Waals surface area contributed by atoms with Crippen LogP contribution in [0, 0.1) is 6.92 Å². The number of carbonyl (C=O) groups is 2. The normalized spacial score (nSPS) is 10.4. The first kappa shape index (κ1) is 16.0. The van der Waals surface area contributed by atoms with Crippen molar-refractivity contribution in [3.05, 3.63) is 29.3 Å². The van der Waals surface area contributed by atoms with Crippen molar-refractivity contribution in [2.24, 2.45) is 0 Å². The molecular weight excluding hydrogens is 256 g/mol. The van der Waals surface area contributed by atoms with Gasteiger partial charge < -0.3 is 15.4 Å². The quantitative estimate of drug-likeness (QED) is 0.660. The minimum absolute atomic E-state index is 0.0717. The van der Waals surface area contributed by atoms with Gasteiger partial charge in [-0.05, 0) is 39.8 Å². The summed E-state index contributed by atoms with van der Waals surface area (Å²) < 4.78 is 4.90. The van der Waals surface area contributed by atoms with Crippen LogP contribution in [0.4, 0.5) is 5.69 Å². The molecule has 0 bridgehead atoms. The summed E-state index contributed by atoms with van der Waals surface area (Å²) in [7, 11) is 0. The maximum atomic E-state index is 12.5. The molecule has 0 aliphatic heterocycles. The van der Waals surface area contributed by atoms with Crippen LogP contribution in [0.3, 0.4) is 0 Å². The standard InChI is InChI=1S/C15H22N2O3/c1-5-20-14(18)9-17(10(2)3)15(19)12-8-11(4)6-7-13(12)16/h6-8,10H,5,9,16H2,1-4H3. The van der Waals surface area contributed by atoms with Gasteiger partial charge in [-0.3, -0.25) is 9.59 Å². The van der Waals surface area contributed by atoms with Gasteiger partial charge in [0.2, 0.25) is 0 Å². The second-order valence-electron chi connectivity index (χ2n) is 4.92. The summed E-state index contributed by atoms with van der Waals surface area (Å²) in [5.74, 6) is -0.671. The number of aryl methyl sites for hydroxylation is 1. The van der Waals surface area contributed by atoms with Crippen molar-refractivity contribution in [1.82, 2.24) is 4.90 Å². The Balaban J connectivity index is 2.99. The van der Waals surface area contributed by atoms with E-state index >= 15 is 0 Å². The van der Waals surface area contributed by atoms with Gasteiger partial charge in [-0.15, -0.1) is 0 Å². The zero-order valence-corrected chi connectivity index (χ0v) is 12.5. The molecule has 0 atom stereocenters. The van der Waals surface area contributed by atoms with E-state index in [1.165, 1.54) is 4.90 Å². The first-order chi connectivity index (χ1) is 9.36. The molecule has 0 spiro atoms. The Hall–Kier alpha value is -2.04. The van der Waals surface area contributed by atoms with Crippen LogP contribution < -0.4 is 5.73 Å². The van der Waals surface area contributed by atoms with Crippen LogP contribution in [0.1, 0.15) is 36.7 Å². The molecule has 0 saturated heterocycles. The van der Waals surface area contributed by atoms with E-state index in [1.54, 1.807) is 19.1 Å². The van der Waals surface area contributed by atoms with E-state index in [0.717, 1.165) is 5.56 Å². The molecule has 5 nitrogen and oxygen atoms in total. The molecule has 0 aliphatic carbocycles. The van der Waals surface area contributed by atoms with Crippen LogP contribution in [0.5, 0.6) is 0 Å². The highest BCUT2D eigenvalue weighted by Gasteiger charge is 2.23. The maximum absolute atomic E-state index is 12.5. The molecule has 1 aromatic rings.